The van der Waals surface area contributed by atoms with Crippen LogP contribution in [-0.4, -0.2) is 23.8 Å². The SMILES string of the molecule is CC(C)=CCC1CCC2C(C(C)(C)ON2C)C1(C)C. The van der Waals surface area contributed by atoms with Gasteiger partial charge in [-0.15, -0.1) is 0 Å². The lowest BCUT2D eigenvalue weighted by Gasteiger charge is -2.49. The molecule has 3 unspecified atom stereocenters. The molecular formula is C17H31NO. The van der Waals surface area contributed by atoms with Crippen molar-refractivity contribution in [2.75, 3.05) is 7.05 Å². The molecule has 0 bridgehead atoms. The second-order valence-electron chi connectivity index (χ2n) is 7.90. The van der Waals surface area contributed by atoms with Crippen LogP contribution in [0.5, 0.6) is 0 Å². The third kappa shape index (κ3) is 2.62. The quantitative estimate of drug-likeness (QED) is 0.685. The Morgan fingerprint density at radius 2 is 1.84 bits per heavy atom. The van der Waals surface area contributed by atoms with Crippen molar-refractivity contribution >= 4 is 0 Å². The largest absolute Gasteiger partial charge is 0.293 e. The molecule has 0 N–H and O–H groups in total. The summed E-state index contributed by atoms with van der Waals surface area (Å²) >= 11 is 0. The fourth-order valence-corrected chi connectivity index (χ4v) is 4.71. The molecule has 0 spiro atoms. The van der Waals surface area contributed by atoms with Crippen LogP contribution in [0.2, 0.25) is 0 Å². The first-order chi connectivity index (χ1) is 8.66. The Labute approximate surface area is 119 Å². The molecule has 0 aromatic heterocycles. The molecule has 0 amide bonds. The van der Waals surface area contributed by atoms with E-state index >= 15 is 0 Å². The first kappa shape index (κ1) is 15.1. The minimum atomic E-state index is -0.0352. The Balaban J connectivity index is 2.24. The van der Waals surface area contributed by atoms with Crippen LogP contribution < -0.4 is 0 Å². The highest BCUT2D eigenvalue weighted by atomic mass is 16.7. The van der Waals surface area contributed by atoms with E-state index in [2.05, 4.69) is 59.7 Å². The third-order valence-corrected chi connectivity index (χ3v) is 5.46. The van der Waals surface area contributed by atoms with Crippen molar-refractivity contribution in [3.63, 3.8) is 0 Å². The molecule has 1 saturated carbocycles. The van der Waals surface area contributed by atoms with E-state index in [4.69, 9.17) is 4.84 Å². The van der Waals surface area contributed by atoms with Crippen LogP contribution in [0.4, 0.5) is 0 Å². The number of allylic oxidation sites excluding steroid dienone is 2. The zero-order chi connectivity index (χ0) is 14.4. The lowest BCUT2D eigenvalue weighted by atomic mass is 9.56. The lowest BCUT2D eigenvalue weighted by molar-refractivity contribution is -0.180. The average molecular weight is 265 g/mol. The molecule has 1 saturated heterocycles. The van der Waals surface area contributed by atoms with Crippen molar-refractivity contribution in [1.29, 1.82) is 0 Å². The second kappa shape index (κ2) is 4.89. The Bertz CT molecular complexity index is 365. The molecule has 2 aliphatic rings. The smallest absolute Gasteiger partial charge is 0.0892 e. The summed E-state index contributed by atoms with van der Waals surface area (Å²) in [6.45, 7) is 13.8. The summed E-state index contributed by atoms with van der Waals surface area (Å²) in [5.74, 6) is 1.40. The van der Waals surface area contributed by atoms with Crippen LogP contribution in [0.25, 0.3) is 0 Å². The molecule has 0 aromatic rings. The average Bonchev–Trinajstić information content (AvgIpc) is 2.47. The highest BCUT2D eigenvalue weighted by molar-refractivity contribution is 5.07. The molecule has 0 radical (unpaired) electrons. The Morgan fingerprint density at radius 3 is 2.42 bits per heavy atom. The molecule has 0 aromatic carbocycles. The predicted octanol–water partition coefficient (Wildman–Crippen LogP) is 4.42. The number of nitrogens with zero attached hydrogens (tertiary/aromatic N) is 1. The normalized spacial score (nSPS) is 36.9. The predicted molar refractivity (Wildman–Crippen MR) is 80.8 cm³/mol. The van der Waals surface area contributed by atoms with E-state index in [9.17, 15) is 0 Å². The monoisotopic (exact) mass is 265 g/mol. The van der Waals surface area contributed by atoms with Crippen molar-refractivity contribution in [2.45, 2.75) is 72.4 Å². The minimum absolute atomic E-state index is 0.0352. The summed E-state index contributed by atoms with van der Waals surface area (Å²) in [6, 6.07) is 0.591. The maximum absolute atomic E-state index is 6.12. The van der Waals surface area contributed by atoms with Gasteiger partial charge in [-0.2, -0.15) is 5.06 Å². The zero-order valence-electron chi connectivity index (χ0n) is 13.8. The van der Waals surface area contributed by atoms with Crippen LogP contribution >= 0.6 is 0 Å². The van der Waals surface area contributed by atoms with E-state index in [-0.39, 0.29) is 5.60 Å². The summed E-state index contributed by atoms with van der Waals surface area (Å²) in [5, 5.41) is 2.13. The number of hydrogen-bond acceptors (Lipinski definition) is 2. The Kier molecular flexibility index (Phi) is 3.88. The molecule has 2 fully saturated rings. The maximum Gasteiger partial charge on any atom is 0.0892 e. The molecule has 2 rings (SSSR count). The number of rotatable bonds is 2. The van der Waals surface area contributed by atoms with Crippen molar-refractivity contribution in [2.24, 2.45) is 17.3 Å². The lowest BCUT2D eigenvalue weighted by Crippen LogP contribution is -2.50. The topological polar surface area (TPSA) is 12.5 Å². The van der Waals surface area contributed by atoms with Crippen molar-refractivity contribution < 1.29 is 4.84 Å². The maximum atomic E-state index is 6.12. The van der Waals surface area contributed by atoms with Crippen LogP contribution in [-0.2, 0) is 4.84 Å². The molecule has 1 aliphatic carbocycles. The van der Waals surface area contributed by atoms with Crippen LogP contribution in [0.3, 0.4) is 0 Å². The third-order valence-electron chi connectivity index (χ3n) is 5.46. The standard InChI is InChI=1S/C17H31NO/c1-12(2)8-9-13-10-11-14-15(16(13,3)4)17(5,6)19-18(14)7/h8,13-15H,9-11H2,1-7H3. The fraction of sp³-hybridized carbons (Fsp3) is 0.882. The first-order valence-electron chi connectivity index (χ1n) is 7.71. The molecule has 19 heavy (non-hydrogen) atoms. The van der Waals surface area contributed by atoms with Crippen molar-refractivity contribution in [3.05, 3.63) is 11.6 Å². The van der Waals surface area contributed by atoms with Gasteiger partial charge in [0.1, 0.15) is 0 Å². The highest BCUT2D eigenvalue weighted by Gasteiger charge is 2.57. The minimum Gasteiger partial charge on any atom is -0.293 e. The van der Waals surface area contributed by atoms with Gasteiger partial charge in [-0.25, -0.2) is 0 Å². The van der Waals surface area contributed by atoms with Gasteiger partial charge in [0, 0.05) is 19.0 Å². The van der Waals surface area contributed by atoms with Crippen molar-refractivity contribution in [1.82, 2.24) is 5.06 Å². The number of hydroxylamine groups is 2. The molecule has 2 nitrogen and oxygen atoms in total. The van der Waals surface area contributed by atoms with E-state index in [1.54, 1.807) is 0 Å². The zero-order valence-corrected chi connectivity index (χ0v) is 13.8. The summed E-state index contributed by atoms with van der Waals surface area (Å²) < 4.78 is 0. The Morgan fingerprint density at radius 1 is 1.21 bits per heavy atom. The molecule has 2 heteroatoms. The molecule has 3 atom stereocenters. The summed E-state index contributed by atoms with van der Waals surface area (Å²) in [7, 11) is 2.11. The van der Waals surface area contributed by atoms with Crippen LogP contribution in [0.15, 0.2) is 11.6 Å². The van der Waals surface area contributed by atoms with Gasteiger partial charge in [0.05, 0.1) is 5.60 Å². The van der Waals surface area contributed by atoms with E-state index < -0.39 is 0 Å². The van der Waals surface area contributed by atoms with Gasteiger partial charge in [0.15, 0.2) is 0 Å². The Hall–Kier alpha value is -0.340. The first-order valence-corrected chi connectivity index (χ1v) is 7.71. The summed E-state index contributed by atoms with van der Waals surface area (Å²) in [6.07, 6.45) is 6.23. The van der Waals surface area contributed by atoms with E-state index in [1.807, 2.05) is 0 Å². The fourth-order valence-electron chi connectivity index (χ4n) is 4.71. The number of hydrogen-bond donors (Lipinski definition) is 0. The van der Waals surface area contributed by atoms with Crippen LogP contribution in [0, 0.1) is 17.3 Å². The van der Waals surface area contributed by atoms with Gasteiger partial charge < -0.3 is 0 Å². The van der Waals surface area contributed by atoms with E-state index in [0.717, 1.165) is 5.92 Å². The highest BCUT2D eigenvalue weighted by Crippen LogP contribution is 2.56. The van der Waals surface area contributed by atoms with Gasteiger partial charge in [-0.3, -0.25) is 4.84 Å². The van der Waals surface area contributed by atoms with E-state index in [0.29, 0.717) is 17.4 Å². The van der Waals surface area contributed by atoms with Crippen molar-refractivity contribution in [3.8, 4) is 0 Å². The summed E-state index contributed by atoms with van der Waals surface area (Å²) in [4.78, 5) is 6.12. The molecular weight excluding hydrogens is 234 g/mol. The second-order valence-corrected chi connectivity index (χ2v) is 7.90. The summed E-state index contributed by atoms with van der Waals surface area (Å²) in [5.41, 5.74) is 1.74. The molecule has 1 heterocycles. The van der Waals surface area contributed by atoms with Crippen LogP contribution in [0.1, 0.15) is 60.8 Å². The van der Waals surface area contributed by atoms with Gasteiger partial charge in [0.2, 0.25) is 0 Å². The molecule has 1 aliphatic heterocycles. The molecule has 110 valence electrons. The van der Waals surface area contributed by atoms with Gasteiger partial charge in [0.25, 0.3) is 0 Å². The van der Waals surface area contributed by atoms with Gasteiger partial charge in [-0.1, -0.05) is 25.5 Å². The number of fused-ring (bicyclic) bond motifs is 1. The van der Waals surface area contributed by atoms with Gasteiger partial charge >= 0.3 is 0 Å². The van der Waals surface area contributed by atoms with E-state index in [1.165, 1.54) is 24.8 Å². The van der Waals surface area contributed by atoms with Gasteiger partial charge in [-0.05, 0) is 58.3 Å².